The molecule has 1 aliphatic carbocycles. The Morgan fingerprint density at radius 2 is 1.28 bits per heavy atom. The lowest BCUT2D eigenvalue weighted by molar-refractivity contribution is 0.462. The molecule has 0 radical (unpaired) electrons. The second kappa shape index (κ2) is 7.84. The van der Waals surface area contributed by atoms with Crippen LogP contribution in [0.1, 0.15) is 74.8 Å². The summed E-state index contributed by atoms with van der Waals surface area (Å²) in [5, 5.41) is 0. The van der Waals surface area contributed by atoms with Crippen molar-refractivity contribution in [2.45, 2.75) is 69.6 Å². The Morgan fingerprint density at radius 3 is 1.78 bits per heavy atom. The van der Waals surface area contributed by atoms with E-state index >= 15 is 0 Å². The zero-order valence-corrected chi connectivity index (χ0v) is 12.1. The molecular weight excluding hydrogens is 240 g/mol. The first-order valence-corrected chi connectivity index (χ1v) is 8.08. The molecule has 1 aromatic carbocycles. The van der Waals surface area contributed by atoms with Gasteiger partial charge in [0.25, 0.3) is 0 Å². The number of hydrogen-bond donors (Lipinski definition) is 0. The number of hydrogen-bond acceptors (Lipinski definition) is 0. The lowest BCUT2D eigenvalue weighted by Gasteiger charge is -2.19. The number of halogens is 1. The van der Waals surface area contributed by atoms with Crippen molar-refractivity contribution in [3.63, 3.8) is 0 Å². The molecule has 1 aliphatic rings. The van der Waals surface area contributed by atoms with E-state index in [1.807, 2.05) is 0 Å². The molecule has 18 heavy (non-hydrogen) atoms. The number of rotatable bonds is 2. The minimum atomic E-state index is 0.630. The van der Waals surface area contributed by atoms with Gasteiger partial charge in [0.1, 0.15) is 0 Å². The average Bonchev–Trinajstić information content (AvgIpc) is 2.45. The van der Waals surface area contributed by atoms with Crippen LogP contribution in [-0.2, 0) is 5.88 Å². The molecule has 0 amide bonds. The fraction of sp³-hybridized carbons (Fsp3) is 0.647. The summed E-state index contributed by atoms with van der Waals surface area (Å²) in [6.45, 7) is 0. The normalized spacial score (nSPS) is 19.6. The van der Waals surface area contributed by atoms with Crippen LogP contribution in [0.4, 0.5) is 0 Å². The summed E-state index contributed by atoms with van der Waals surface area (Å²) < 4.78 is 0. The first-order chi connectivity index (χ1) is 8.90. The van der Waals surface area contributed by atoms with Crippen molar-refractivity contribution in [3.05, 3.63) is 35.4 Å². The highest BCUT2D eigenvalue weighted by Gasteiger charge is 2.12. The molecule has 0 atom stereocenters. The Balaban J connectivity index is 1.97. The minimum absolute atomic E-state index is 0.630. The van der Waals surface area contributed by atoms with Crippen LogP contribution < -0.4 is 0 Å². The third-order valence-corrected chi connectivity index (χ3v) is 4.52. The van der Waals surface area contributed by atoms with Gasteiger partial charge in [0.05, 0.1) is 0 Å². The lowest BCUT2D eigenvalue weighted by Crippen LogP contribution is -2.01. The van der Waals surface area contributed by atoms with Gasteiger partial charge in [-0.25, -0.2) is 0 Å². The van der Waals surface area contributed by atoms with Gasteiger partial charge in [0.15, 0.2) is 0 Å². The summed E-state index contributed by atoms with van der Waals surface area (Å²) in [6, 6.07) is 8.99. The van der Waals surface area contributed by atoms with Gasteiger partial charge in [-0.05, 0) is 29.9 Å². The van der Waals surface area contributed by atoms with Crippen LogP contribution in [0.15, 0.2) is 24.3 Å². The third kappa shape index (κ3) is 4.31. The predicted octanol–water partition coefficient (Wildman–Crippen LogP) is 6.03. The smallest absolute Gasteiger partial charge is 0.0474 e. The van der Waals surface area contributed by atoms with E-state index in [4.69, 9.17) is 11.6 Å². The van der Waals surface area contributed by atoms with E-state index in [1.54, 1.807) is 0 Å². The highest BCUT2D eigenvalue weighted by Crippen LogP contribution is 2.30. The van der Waals surface area contributed by atoms with Crippen molar-refractivity contribution in [1.29, 1.82) is 0 Å². The Kier molecular flexibility index (Phi) is 6.07. The van der Waals surface area contributed by atoms with Crippen LogP contribution in [0.2, 0.25) is 0 Å². The zero-order valence-electron chi connectivity index (χ0n) is 11.3. The van der Waals surface area contributed by atoms with Crippen LogP contribution in [0.25, 0.3) is 0 Å². The van der Waals surface area contributed by atoms with Gasteiger partial charge in [-0.1, -0.05) is 69.2 Å². The molecule has 0 saturated heterocycles. The first-order valence-electron chi connectivity index (χ1n) is 7.55. The van der Waals surface area contributed by atoms with Crippen molar-refractivity contribution in [2.75, 3.05) is 0 Å². The molecule has 0 heterocycles. The molecule has 0 N–H and O–H groups in total. The van der Waals surface area contributed by atoms with Gasteiger partial charge < -0.3 is 0 Å². The van der Waals surface area contributed by atoms with Crippen LogP contribution in [-0.4, -0.2) is 0 Å². The Hall–Kier alpha value is -0.490. The van der Waals surface area contributed by atoms with E-state index in [1.165, 1.54) is 68.9 Å². The Morgan fingerprint density at radius 1 is 0.778 bits per heavy atom. The molecule has 0 nitrogen and oxygen atoms in total. The molecule has 0 aliphatic heterocycles. The van der Waals surface area contributed by atoms with Gasteiger partial charge in [0.2, 0.25) is 0 Å². The average molecular weight is 265 g/mol. The van der Waals surface area contributed by atoms with E-state index in [9.17, 15) is 0 Å². The van der Waals surface area contributed by atoms with Crippen molar-refractivity contribution in [2.24, 2.45) is 0 Å². The van der Waals surface area contributed by atoms with Crippen LogP contribution in [0.3, 0.4) is 0 Å². The van der Waals surface area contributed by atoms with E-state index < -0.39 is 0 Å². The molecule has 2 rings (SSSR count). The largest absolute Gasteiger partial charge is 0.122 e. The van der Waals surface area contributed by atoms with Crippen molar-refractivity contribution < 1.29 is 0 Å². The maximum atomic E-state index is 5.85. The Labute approximate surface area is 117 Å². The second-order valence-corrected chi connectivity index (χ2v) is 5.89. The molecule has 0 bridgehead atoms. The molecular formula is C17H25Cl. The first kappa shape index (κ1) is 13.9. The molecule has 0 spiro atoms. The van der Waals surface area contributed by atoms with Crippen LogP contribution >= 0.6 is 11.6 Å². The van der Waals surface area contributed by atoms with Gasteiger partial charge in [-0.3, -0.25) is 0 Å². The fourth-order valence-corrected chi connectivity index (χ4v) is 3.20. The van der Waals surface area contributed by atoms with E-state index in [0.29, 0.717) is 5.88 Å². The van der Waals surface area contributed by atoms with Crippen LogP contribution in [0, 0.1) is 0 Å². The second-order valence-electron chi connectivity index (χ2n) is 5.62. The van der Waals surface area contributed by atoms with Gasteiger partial charge >= 0.3 is 0 Å². The maximum absolute atomic E-state index is 5.85. The summed E-state index contributed by atoms with van der Waals surface area (Å²) >= 11 is 5.85. The standard InChI is InChI=1S/C17H25Cl/c18-14-15-10-12-17(13-11-15)16-8-6-4-2-1-3-5-7-9-16/h10-13,16H,1-9,14H2. The summed E-state index contributed by atoms with van der Waals surface area (Å²) in [5.74, 6) is 1.41. The summed E-state index contributed by atoms with van der Waals surface area (Å²) in [6.07, 6.45) is 12.8. The SMILES string of the molecule is ClCc1ccc(C2CCCCCCCCC2)cc1. The molecule has 1 heteroatoms. The predicted molar refractivity (Wildman–Crippen MR) is 80.3 cm³/mol. The maximum Gasteiger partial charge on any atom is 0.0474 e. The highest BCUT2D eigenvalue weighted by molar-refractivity contribution is 6.17. The number of benzene rings is 1. The highest BCUT2D eigenvalue weighted by atomic mass is 35.5. The summed E-state index contributed by atoms with van der Waals surface area (Å²) in [4.78, 5) is 0. The zero-order chi connectivity index (χ0) is 12.6. The van der Waals surface area contributed by atoms with Gasteiger partial charge in [-0.2, -0.15) is 0 Å². The molecule has 100 valence electrons. The quantitative estimate of drug-likeness (QED) is 0.572. The van der Waals surface area contributed by atoms with Crippen molar-refractivity contribution in [3.8, 4) is 0 Å². The third-order valence-electron chi connectivity index (χ3n) is 4.21. The van der Waals surface area contributed by atoms with Crippen LogP contribution in [0.5, 0.6) is 0 Å². The fourth-order valence-electron chi connectivity index (χ4n) is 3.02. The van der Waals surface area contributed by atoms with E-state index in [-0.39, 0.29) is 0 Å². The molecule has 1 aromatic rings. The van der Waals surface area contributed by atoms with Crippen molar-refractivity contribution >= 4 is 11.6 Å². The molecule has 1 fully saturated rings. The van der Waals surface area contributed by atoms with Crippen molar-refractivity contribution in [1.82, 2.24) is 0 Å². The Bertz CT molecular complexity index is 318. The summed E-state index contributed by atoms with van der Waals surface area (Å²) in [7, 11) is 0. The monoisotopic (exact) mass is 264 g/mol. The van der Waals surface area contributed by atoms with Gasteiger partial charge in [-0.15, -0.1) is 11.6 Å². The lowest BCUT2D eigenvalue weighted by atomic mass is 9.87. The molecule has 1 saturated carbocycles. The van der Waals surface area contributed by atoms with Gasteiger partial charge in [0, 0.05) is 5.88 Å². The minimum Gasteiger partial charge on any atom is -0.122 e. The topological polar surface area (TPSA) is 0 Å². The summed E-state index contributed by atoms with van der Waals surface area (Å²) in [5.41, 5.74) is 2.77. The number of alkyl halides is 1. The molecule has 0 unspecified atom stereocenters. The van der Waals surface area contributed by atoms with E-state index in [2.05, 4.69) is 24.3 Å². The molecule has 0 aromatic heterocycles. The van der Waals surface area contributed by atoms with E-state index in [0.717, 1.165) is 5.92 Å².